The van der Waals surface area contributed by atoms with Crippen LogP contribution in [0.2, 0.25) is 0 Å². The van der Waals surface area contributed by atoms with Crippen molar-refractivity contribution in [3.8, 4) is 0 Å². The van der Waals surface area contributed by atoms with E-state index in [4.69, 9.17) is 9.47 Å². The fraction of sp³-hybridized carbons (Fsp3) is 1.00. The van der Waals surface area contributed by atoms with E-state index >= 15 is 0 Å². The minimum atomic E-state index is -0.169. The average molecular weight is 215 g/mol. The van der Waals surface area contributed by atoms with E-state index in [-0.39, 0.29) is 12.3 Å². The predicted molar refractivity (Wildman–Crippen MR) is 61.8 cm³/mol. The summed E-state index contributed by atoms with van der Waals surface area (Å²) in [6.07, 6.45) is -0.169. The zero-order valence-corrected chi connectivity index (χ0v) is 11.0. The van der Waals surface area contributed by atoms with Gasteiger partial charge in [0.1, 0.15) is 0 Å². The summed E-state index contributed by atoms with van der Waals surface area (Å²) in [7, 11) is 3.35. The fourth-order valence-corrected chi connectivity index (χ4v) is 2.46. The van der Waals surface area contributed by atoms with Crippen LogP contribution in [-0.2, 0) is 9.47 Å². The molecule has 3 nitrogen and oxygen atoms in total. The molecule has 3 heteroatoms. The molecule has 0 aromatic heterocycles. The molecule has 1 saturated carbocycles. The van der Waals surface area contributed by atoms with Crippen molar-refractivity contribution in [3.05, 3.63) is 0 Å². The van der Waals surface area contributed by atoms with Crippen LogP contribution in [0.15, 0.2) is 0 Å². The Bertz CT molecular complexity index is 208. The first-order chi connectivity index (χ1) is 6.79. The third kappa shape index (κ3) is 2.05. The number of rotatable bonds is 5. The summed E-state index contributed by atoms with van der Waals surface area (Å²) in [5.41, 5.74) is 0.709. The van der Waals surface area contributed by atoms with Gasteiger partial charge in [0.05, 0.1) is 6.04 Å². The molecule has 1 rings (SSSR count). The van der Waals surface area contributed by atoms with Crippen molar-refractivity contribution in [2.75, 3.05) is 14.2 Å². The van der Waals surface area contributed by atoms with Crippen molar-refractivity contribution in [1.82, 2.24) is 5.32 Å². The molecular formula is C12H25NO2. The molecular weight excluding hydrogens is 190 g/mol. The van der Waals surface area contributed by atoms with Crippen molar-refractivity contribution in [2.45, 2.75) is 53.0 Å². The largest absolute Gasteiger partial charge is 0.354 e. The Balaban J connectivity index is 2.51. The van der Waals surface area contributed by atoms with Gasteiger partial charge in [0.25, 0.3) is 0 Å². The van der Waals surface area contributed by atoms with Crippen LogP contribution in [0, 0.1) is 10.8 Å². The van der Waals surface area contributed by atoms with Gasteiger partial charge in [0.15, 0.2) is 6.29 Å². The van der Waals surface area contributed by atoms with Crippen LogP contribution in [0.4, 0.5) is 0 Å². The maximum Gasteiger partial charge on any atom is 0.171 e. The van der Waals surface area contributed by atoms with E-state index in [0.29, 0.717) is 16.9 Å². The number of methoxy groups -OCH3 is 2. The maximum absolute atomic E-state index is 5.24. The Morgan fingerprint density at radius 1 is 1.00 bits per heavy atom. The Hall–Kier alpha value is -0.120. The summed E-state index contributed by atoms with van der Waals surface area (Å²) in [6.45, 7) is 11.3. The van der Waals surface area contributed by atoms with Crippen molar-refractivity contribution in [3.63, 3.8) is 0 Å². The lowest BCUT2D eigenvalue weighted by atomic mass is 10.0. The van der Waals surface area contributed by atoms with Crippen LogP contribution in [-0.4, -0.2) is 32.6 Å². The van der Waals surface area contributed by atoms with Gasteiger partial charge in [-0.05, 0) is 17.8 Å². The van der Waals surface area contributed by atoms with Gasteiger partial charge < -0.3 is 14.8 Å². The van der Waals surface area contributed by atoms with E-state index in [1.54, 1.807) is 14.2 Å². The van der Waals surface area contributed by atoms with E-state index in [9.17, 15) is 0 Å². The van der Waals surface area contributed by atoms with Gasteiger partial charge in [0, 0.05) is 20.3 Å². The summed E-state index contributed by atoms with van der Waals surface area (Å²) in [5.74, 6) is 0. The SMILES string of the molecule is COC(OC)C(C)NC1C(C)(C)C1(C)C. The summed E-state index contributed by atoms with van der Waals surface area (Å²) in [6, 6.07) is 0.749. The zero-order valence-electron chi connectivity index (χ0n) is 11.0. The summed E-state index contributed by atoms with van der Waals surface area (Å²) in [4.78, 5) is 0. The van der Waals surface area contributed by atoms with Crippen LogP contribution in [0.25, 0.3) is 0 Å². The second kappa shape index (κ2) is 4.04. The lowest BCUT2D eigenvalue weighted by Gasteiger charge is -2.23. The van der Waals surface area contributed by atoms with Gasteiger partial charge in [-0.15, -0.1) is 0 Å². The Labute approximate surface area is 93.5 Å². The van der Waals surface area contributed by atoms with Gasteiger partial charge in [-0.25, -0.2) is 0 Å². The van der Waals surface area contributed by atoms with Gasteiger partial charge in [0.2, 0.25) is 0 Å². The monoisotopic (exact) mass is 215 g/mol. The van der Waals surface area contributed by atoms with E-state index in [0.717, 1.165) is 0 Å². The highest BCUT2D eigenvalue weighted by Gasteiger charge is 2.64. The molecule has 0 spiro atoms. The van der Waals surface area contributed by atoms with Crippen LogP contribution in [0.1, 0.15) is 34.6 Å². The van der Waals surface area contributed by atoms with Gasteiger partial charge in [-0.3, -0.25) is 0 Å². The van der Waals surface area contributed by atoms with Crippen molar-refractivity contribution in [1.29, 1.82) is 0 Å². The van der Waals surface area contributed by atoms with E-state index in [1.165, 1.54) is 0 Å². The molecule has 0 bridgehead atoms. The average Bonchev–Trinajstić information content (AvgIpc) is 2.50. The Morgan fingerprint density at radius 3 is 1.67 bits per heavy atom. The third-order valence-corrected chi connectivity index (χ3v) is 4.32. The molecule has 1 atom stereocenters. The molecule has 0 saturated heterocycles. The lowest BCUT2D eigenvalue weighted by molar-refractivity contribution is -0.120. The fourth-order valence-electron chi connectivity index (χ4n) is 2.46. The Morgan fingerprint density at radius 2 is 1.40 bits per heavy atom. The molecule has 1 aliphatic rings. The number of hydrogen-bond acceptors (Lipinski definition) is 3. The molecule has 1 aliphatic carbocycles. The van der Waals surface area contributed by atoms with Crippen LogP contribution in [0.3, 0.4) is 0 Å². The highest BCUT2D eigenvalue weighted by atomic mass is 16.7. The molecule has 0 aromatic carbocycles. The highest BCUT2D eigenvalue weighted by Crippen LogP contribution is 2.62. The molecule has 15 heavy (non-hydrogen) atoms. The number of nitrogens with one attached hydrogen (secondary N) is 1. The van der Waals surface area contributed by atoms with Crippen molar-refractivity contribution in [2.24, 2.45) is 10.8 Å². The van der Waals surface area contributed by atoms with Gasteiger partial charge in [-0.1, -0.05) is 27.7 Å². The first-order valence-electron chi connectivity index (χ1n) is 5.60. The van der Waals surface area contributed by atoms with E-state index in [1.807, 2.05) is 0 Å². The number of hydrogen-bond donors (Lipinski definition) is 1. The molecule has 0 heterocycles. The smallest absolute Gasteiger partial charge is 0.171 e. The van der Waals surface area contributed by atoms with Crippen LogP contribution in [0.5, 0.6) is 0 Å². The molecule has 0 radical (unpaired) electrons. The quantitative estimate of drug-likeness (QED) is 0.712. The lowest BCUT2D eigenvalue weighted by Crippen LogP contribution is -2.42. The molecule has 0 aromatic rings. The second-order valence-corrected chi connectivity index (χ2v) is 5.67. The minimum absolute atomic E-state index is 0.169. The summed E-state index contributed by atoms with van der Waals surface area (Å²) in [5, 5.41) is 3.59. The van der Waals surface area contributed by atoms with Crippen molar-refractivity contribution < 1.29 is 9.47 Å². The van der Waals surface area contributed by atoms with E-state index < -0.39 is 0 Å². The molecule has 90 valence electrons. The molecule has 0 aliphatic heterocycles. The molecule has 1 unspecified atom stereocenters. The van der Waals surface area contributed by atoms with E-state index in [2.05, 4.69) is 39.9 Å². The summed E-state index contributed by atoms with van der Waals surface area (Å²) < 4.78 is 10.5. The summed E-state index contributed by atoms with van der Waals surface area (Å²) >= 11 is 0. The Kier molecular flexibility index (Phi) is 3.49. The van der Waals surface area contributed by atoms with Crippen molar-refractivity contribution >= 4 is 0 Å². The first-order valence-corrected chi connectivity index (χ1v) is 5.60. The molecule has 1 N–H and O–H groups in total. The topological polar surface area (TPSA) is 30.5 Å². The van der Waals surface area contributed by atoms with Gasteiger partial charge >= 0.3 is 0 Å². The normalized spacial score (nSPS) is 25.6. The molecule has 1 fully saturated rings. The van der Waals surface area contributed by atoms with Gasteiger partial charge in [-0.2, -0.15) is 0 Å². The second-order valence-electron chi connectivity index (χ2n) is 5.67. The highest BCUT2D eigenvalue weighted by molar-refractivity contribution is 5.18. The first kappa shape index (κ1) is 12.9. The standard InChI is InChI=1S/C12H25NO2/c1-8(9(14-6)15-7)13-10-11(2,3)12(10,4)5/h8-10,13H,1-7H3. The van der Waals surface area contributed by atoms with Crippen LogP contribution < -0.4 is 5.32 Å². The zero-order chi connectivity index (χ0) is 11.9. The van der Waals surface area contributed by atoms with Crippen LogP contribution >= 0.6 is 0 Å². The number of ether oxygens (including phenoxy) is 2. The molecule has 0 amide bonds. The predicted octanol–water partition coefficient (Wildman–Crippen LogP) is 2.02. The third-order valence-electron chi connectivity index (χ3n) is 4.32. The minimum Gasteiger partial charge on any atom is -0.354 e. The maximum atomic E-state index is 5.24.